The fourth-order valence-corrected chi connectivity index (χ4v) is 3.83. The second kappa shape index (κ2) is 11.6. The minimum atomic E-state index is -4.73. The van der Waals surface area contributed by atoms with Crippen LogP contribution < -0.4 is 31.0 Å². The van der Waals surface area contributed by atoms with Gasteiger partial charge in [0.25, 0.3) is 5.56 Å². The summed E-state index contributed by atoms with van der Waals surface area (Å²) in [4.78, 5) is 29.3. The summed E-state index contributed by atoms with van der Waals surface area (Å²) in [5, 5.41) is 7.61. The van der Waals surface area contributed by atoms with Gasteiger partial charge in [-0.1, -0.05) is 17.7 Å². The van der Waals surface area contributed by atoms with Crippen molar-refractivity contribution >= 4 is 39.9 Å². The van der Waals surface area contributed by atoms with Crippen molar-refractivity contribution in [1.82, 2.24) is 14.9 Å². The number of benzene rings is 3. The molecule has 3 aromatic carbocycles. The number of aryl methyl sites for hydroxylation is 1. The van der Waals surface area contributed by atoms with E-state index in [1.165, 1.54) is 17.0 Å². The number of anilines is 2. The molecule has 39 heavy (non-hydrogen) atoms. The van der Waals surface area contributed by atoms with Gasteiger partial charge in [-0.2, -0.15) is 13.2 Å². The van der Waals surface area contributed by atoms with Gasteiger partial charge < -0.3 is 30.0 Å². The molecule has 204 valence electrons. The average Bonchev–Trinajstić information content (AvgIpc) is 2.87. The Morgan fingerprint density at radius 3 is 2.59 bits per heavy atom. The van der Waals surface area contributed by atoms with Crippen LogP contribution in [0.2, 0.25) is 5.02 Å². The van der Waals surface area contributed by atoms with Crippen LogP contribution in [0.5, 0.6) is 17.2 Å². The van der Waals surface area contributed by atoms with Crippen LogP contribution in [0.1, 0.15) is 5.56 Å². The third-order valence-corrected chi connectivity index (χ3v) is 5.76. The molecule has 0 fully saturated rings. The number of hydrogen-bond acceptors (Lipinski definition) is 6. The molecule has 1 aromatic heterocycles. The molecule has 1 heterocycles. The highest BCUT2D eigenvalue weighted by molar-refractivity contribution is 6.31. The lowest BCUT2D eigenvalue weighted by Gasteiger charge is -2.17. The maximum absolute atomic E-state index is 13.4. The first-order chi connectivity index (χ1) is 18.5. The lowest BCUT2D eigenvalue weighted by molar-refractivity contribution is -0.137. The normalized spacial score (nSPS) is 11.3. The molecule has 3 N–H and O–H groups in total. The highest BCUT2D eigenvalue weighted by atomic mass is 35.5. The Morgan fingerprint density at radius 1 is 1.08 bits per heavy atom. The summed E-state index contributed by atoms with van der Waals surface area (Å²) in [5.41, 5.74) is -0.744. The van der Waals surface area contributed by atoms with Gasteiger partial charge >= 0.3 is 12.2 Å². The summed E-state index contributed by atoms with van der Waals surface area (Å²) in [5.74, 6) is 0.695. The molecule has 0 unspecified atom stereocenters. The standard InChI is InChI=1S/C26H23ClF3N5O4/c1-31-8-9-38-23-13-20(27)19(26(28,29)30)12-22(23)34-25(37)33-15-4-3-5-16(10-15)39-17-6-7-21-18(11-17)24(36)35(2)14-32-21/h3-7,10-14,31H,8-9H2,1-2H3,(H2,33,34,37). The van der Waals surface area contributed by atoms with Crippen molar-refractivity contribution < 1.29 is 27.4 Å². The van der Waals surface area contributed by atoms with Gasteiger partial charge in [0.15, 0.2) is 0 Å². The number of fused-ring (bicyclic) bond motifs is 1. The molecule has 0 saturated heterocycles. The quantitative estimate of drug-likeness (QED) is 0.240. The van der Waals surface area contributed by atoms with Gasteiger partial charge in [0, 0.05) is 31.4 Å². The first-order valence-corrected chi connectivity index (χ1v) is 11.9. The lowest BCUT2D eigenvalue weighted by Crippen LogP contribution is -2.21. The van der Waals surface area contributed by atoms with E-state index >= 15 is 0 Å². The number of ether oxygens (including phenoxy) is 2. The molecule has 0 saturated carbocycles. The van der Waals surface area contributed by atoms with E-state index < -0.39 is 22.8 Å². The summed E-state index contributed by atoms with van der Waals surface area (Å²) >= 11 is 5.82. The van der Waals surface area contributed by atoms with E-state index in [0.717, 1.165) is 12.1 Å². The summed E-state index contributed by atoms with van der Waals surface area (Å²) in [6.07, 6.45) is -3.31. The van der Waals surface area contributed by atoms with E-state index in [9.17, 15) is 22.8 Å². The van der Waals surface area contributed by atoms with Crippen LogP contribution >= 0.6 is 11.6 Å². The molecule has 0 aliphatic carbocycles. The molecule has 9 nitrogen and oxygen atoms in total. The molecular weight excluding hydrogens is 539 g/mol. The number of carbonyl (C=O) groups excluding carboxylic acids is 1. The van der Waals surface area contributed by atoms with Crippen molar-refractivity contribution in [2.24, 2.45) is 7.05 Å². The minimum absolute atomic E-state index is 0.0209. The van der Waals surface area contributed by atoms with Crippen LogP contribution in [0, 0.1) is 0 Å². The van der Waals surface area contributed by atoms with E-state index in [1.807, 2.05) is 0 Å². The zero-order valence-corrected chi connectivity index (χ0v) is 21.5. The van der Waals surface area contributed by atoms with Gasteiger partial charge in [-0.15, -0.1) is 0 Å². The Labute approximate surface area is 225 Å². The second-order valence-electron chi connectivity index (χ2n) is 8.33. The van der Waals surface area contributed by atoms with Crippen LogP contribution in [0.3, 0.4) is 0 Å². The van der Waals surface area contributed by atoms with Gasteiger partial charge in [-0.3, -0.25) is 4.79 Å². The maximum atomic E-state index is 13.4. The largest absolute Gasteiger partial charge is 0.490 e. The molecule has 0 spiro atoms. The summed E-state index contributed by atoms with van der Waals surface area (Å²) in [6, 6.07) is 12.1. The Kier molecular flexibility index (Phi) is 8.27. The van der Waals surface area contributed by atoms with E-state index in [-0.39, 0.29) is 23.6 Å². The zero-order valence-electron chi connectivity index (χ0n) is 20.7. The van der Waals surface area contributed by atoms with Crippen molar-refractivity contribution in [2.45, 2.75) is 6.18 Å². The first kappa shape index (κ1) is 27.7. The molecule has 0 aliphatic rings. The first-order valence-electron chi connectivity index (χ1n) is 11.5. The van der Waals surface area contributed by atoms with Gasteiger partial charge in [0.2, 0.25) is 0 Å². The Morgan fingerprint density at radius 2 is 1.85 bits per heavy atom. The number of urea groups is 1. The fourth-order valence-electron chi connectivity index (χ4n) is 3.56. The third-order valence-electron chi connectivity index (χ3n) is 5.45. The van der Waals surface area contributed by atoms with Gasteiger partial charge in [-0.25, -0.2) is 9.78 Å². The summed E-state index contributed by atoms with van der Waals surface area (Å²) < 4.78 is 52.9. The van der Waals surface area contributed by atoms with Crippen LogP contribution in [0.15, 0.2) is 65.7 Å². The molecule has 0 radical (unpaired) electrons. The van der Waals surface area contributed by atoms with Crippen molar-refractivity contribution in [1.29, 1.82) is 0 Å². The molecule has 13 heteroatoms. The molecule has 0 atom stereocenters. The molecule has 4 rings (SSSR count). The molecule has 2 amide bonds. The number of halogens is 4. The predicted octanol–water partition coefficient (Wildman–Crippen LogP) is 5.64. The van der Waals surface area contributed by atoms with Crippen LogP contribution in [-0.2, 0) is 13.2 Å². The minimum Gasteiger partial charge on any atom is -0.490 e. The number of rotatable bonds is 8. The number of nitrogens with one attached hydrogen (secondary N) is 3. The smallest absolute Gasteiger partial charge is 0.417 e. The molecular formula is C26H23ClF3N5O4. The molecule has 4 aromatic rings. The van der Waals surface area contributed by atoms with Gasteiger partial charge in [0.1, 0.15) is 23.9 Å². The van der Waals surface area contributed by atoms with Crippen molar-refractivity contribution in [3.05, 3.63) is 81.9 Å². The maximum Gasteiger partial charge on any atom is 0.417 e. The Balaban J connectivity index is 1.52. The monoisotopic (exact) mass is 561 g/mol. The SMILES string of the molecule is CNCCOc1cc(Cl)c(C(F)(F)F)cc1NC(=O)Nc1cccc(Oc2ccc3ncn(C)c(=O)c3c2)c1. The molecule has 0 aliphatic heterocycles. The topological polar surface area (TPSA) is 107 Å². The fraction of sp³-hybridized carbons (Fsp3) is 0.192. The van der Waals surface area contributed by atoms with Crippen LogP contribution in [0.25, 0.3) is 10.9 Å². The number of likely N-dealkylation sites (N-methyl/N-ethyl adjacent to an activating group) is 1. The van der Waals surface area contributed by atoms with Crippen molar-refractivity contribution in [2.75, 3.05) is 30.8 Å². The van der Waals surface area contributed by atoms with E-state index in [2.05, 4.69) is 20.9 Å². The van der Waals surface area contributed by atoms with E-state index in [1.54, 1.807) is 50.5 Å². The highest BCUT2D eigenvalue weighted by Crippen LogP contribution is 2.40. The third kappa shape index (κ3) is 6.78. The van der Waals surface area contributed by atoms with Crippen LogP contribution in [-0.4, -0.2) is 35.8 Å². The molecule has 0 bridgehead atoms. The van der Waals surface area contributed by atoms with E-state index in [4.69, 9.17) is 21.1 Å². The van der Waals surface area contributed by atoms with Crippen molar-refractivity contribution in [3.63, 3.8) is 0 Å². The van der Waals surface area contributed by atoms with Gasteiger partial charge in [-0.05, 0) is 43.4 Å². The number of aromatic nitrogens is 2. The van der Waals surface area contributed by atoms with Crippen molar-refractivity contribution in [3.8, 4) is 17.2 Å². The summed E-state index contributed by atoms with van der Waals surface area (Å²) in [6.45, 7) is 0.546. The zero-order chi connectivity index (χ0) is 28.2. The second-order valence-corrected chi connectivity index (χ2v) is 8.73. The highest BCUT2D eigenvalue weighted by Gasteiger charge is 2.34. The number of nitrogens with zero attached hydrogens (tertiary/aromatic N) is 2. The Hall–Kier alpha value is -4.29. The number of alkyl halides is 3. The Bertz CT molecular complexity index is 1580. The average molecular weight is 562 g/mol. The summed E-state index contributed by atoms with van der Waals surface area (Å²) in [7, 11) is 3.28. The number of amides is 2. The lowest BCUT2D eigenvalue weighted by atomic mass is 10.1. The predicted molar refractivity (Wildman–Crippen MR) is 142 cm³/mol. The van der Waals surface area contributed by atoms with Gasteiger partial charge in [0.05, 0.1) is 33.5 Å². The number of hydrogen-bond donors (Lipinski definition) is 3. The van der Waals surface area contributed by atoms with E-state index in [0.29, 0.717) is 34.6 Å². The van der Waals surface area contributed by atoms with Crippen LogP contribution in [0.4, 0.5) is 29.3 Å². The number of carbonyl (C=O) groups is 1.